The zero-order chi connectivity index (χ0) is 22.4. The third-order valence-corrected chi connectivity index (χ3v) is 6.80. The molecule has 0 bridgehead atoms. The van der Waals surface area contributed by atoms with Crippen LogP contribution in [0, 0.1) is 17.6 Å². The number of nitrogens with one attached hydrogen (secondary N) is 1. The molecule has 0 unspecified atom stereocenters. The van der Waals surface area contributed by atoms with E-state index in [1.807, 2.05) is 6.92 Å². The van der Waals surface area contributed by atoms with Crippen molar-refractivity contribution in [3.63, 3.8) is 0 Å². The van der Waals surface area contributed by atoms with E-state index in [0.717, 1.165) is 31.7 Å². The third-order valence-electron chi connectivity index (χ3n) is 6.80. The van der Waals surface area contributed by atoms with Gasteiger partial charge in [0.1, 0.15) is 11.6 Å². The van der Waals surface area contributed by atoms with Crippen LogP contribution in [0.1, 0.15) is 69.6 Å². The molecule has 31 heavy (non-hydrogen) atoms. The van der Waals surface area contributed by atoms with E-state index < -0.39 is 17.7 Å². The van der Waals surface area contributed by atoms with Gasteiger partial charge in [0.2, 0.25) is 0 Å². The van der Waals surface area contributed by atoms with Crippen LogP contribution in [0.25, 0.3) is 5.57 Å². The van der Waals surface area contributed by atoms with Gasteiger partial charge in [-0.25, -0.2) is 8.78 Å². The summed E-state index contributed by atoms with van der Waals surface area (Å²) < 4.78 is 27.0. The fourth-order valence-corrected chi connectivity index (χ4v) is 4.69. The average Bonchev–Trinajstić information content (AvgIpc) is 2.77. The number of hydrogen-bond acceptors (Lipinski definition) is 2. The van der Waals surface area contributed by atoms with Gasteiger partial charge in [0, 0.05) is 18.2 Å². The molecule has 0 spiro atoms. The van der Waals surface area contributed by atoms with Crippen LogP contribution in [0.4, 0.5) is 8.78 Å². The quantitative estimate of drug-likeness (QED) is 0.512. The third kappa shape index (κ3) is 6.02. The summed E-state index contributed by atoms with van der Waals surface area (Å²) in [5.74, 6) is -1.27. The first-order valence-electron chi connectivity index (χ1n) is 11.4. The molecule has 0 radical (unpaired) electrons. The molecule has 1 fully saturated rings. The maximum Gasteiger partial charge on any atom is 0.126 e. The summed E-state index contributed by atoms with van der Waals surface area (Å²) in [4.78, 5) is 0. The van der Waals surface area contributed by atoms with E-state index in [2.05, 4.69) is 49.5 Å². The molecule has 168 valence electrons. The van der Waals surface area contributed by atoms with Gasteiger partial charge in [0.15, 0.2) is 0 Å². The van der Waals surface area contributed by atoms with Crippen LogP contribution in [-0.2, 0) is 12.0 Å². The van der Waals surface area contributed by atoms with E-state index in [-0.39, 0.29) is 11.5 Å². The number of halogens is 2. The molecule has 0 heterocycles. The Bertz CT molecular complexity index is 882. The van der Waals surface area contributed by atoms with Crippen LogP contribution in [-0.4, -0.2) is 17.8 Å². The first kappa shape index (κ1) is 23.6. The SMILES string of the molecule is C/C=C(\C)c1cccc(C2(NC[C@@H](O)[C@@H](C)Cc3cc(F)cc(F)c3)CCCCC2)c1. The highest BCUT2D eigenvalue weighted by Gasteiger charge is 2.34. The minimum atomic E-state index is -0.606. The van der Waals surface area contributed by atoms with Gasteiger partial charge in [-0.05, 0) is 79.5 Å². The second-order valence-electron chi connectivity index (χ2n) is 9.10. The summed E-state index contributed by atoms with van der Waals surface area (Å²) in [5, 5.41) is 14.5. The van der Waals surface area contributed by atoms with Crippen molar-refractivity contribution in [2.24, 2.45) is 5.92 Å². The topological polar surface area (TPSA) is 32.3 Å². The van der Waals surface area contributed by atoms with Crippen LogP contribution in [0.5, 0.6) is 0 Å². The van der Waals surface area contributed by atoms with Gasteiger partial charge >= 0.3 is 0 Å². The van der Waals surface area contributed by atoms with Crippen LogP contribution in [0.3, 0.4) is 0 Å². The molecule has 3 rings (SSSR count). The predicted octanol–water partition coefficient (Wildman–Crippen LogP) is 6.38. The molecule has 2 aromatic rings. The van der Waals surface area contributed by atoms with Crippen LogP contribution >= 0.6 is 0 Å². The molecule has 1 aliphatic carbocycles. The van der Waals surface area contributed by atoms with Crippen LogP contribution < -0.4 is 5.32 Å². The molecule has 2 aromatic carbocycles. The monoisotopic (exact) mass is 427 g/mol. The molecule has 1 saturated carbocycles. The number of aliphatic hydroxyl groups is 1. The lowest BCUT2D eigenvalue weighted by Gasteiger charge is -2.40. The highest BCUT2D eigenvalue weighted by molar-refractivity contribution is 5.64. The van der Waals surface area contributed by atoms with Crippen LogP contribution in [0.2, 0.25) is 0 Å². The predicted molar refractivity (Wildman–Crippen MR) is 124 cm³/mol. The number of hydrogen-bond donors (Lipinski definition) is 2. The van der Waals surface area contributed by atoms with E-state index in [4.69, 9.17) is 0 Å². The molecule has 4 heteroatoms. The number of rotatable bonds is 8. The van der Waals surface area contributed by atoms with Gasteiger partial charge in [-0.3, -0.25) is 0 Å². The second-order valence-corrected chi connectivity index (χ2v) is 9.10. The lowest BCUT2D eigenvalue weighted by atomic mass is 9.75. The molecule has 2 atom stereocenters. The highest BCUT2D eigenvalue weighted by Crippen LogP contribution is 2.38. The number of allylic oxidation sites excluding steroid dienone is 2. The molecular formula is C27H35F2NO. The lowest BCUT2D eigenvalue weighted by molar-refractivity contribution is 0.0947. The zero-order valence-corrected chi connectivity index (χ0v) is 18.9. The molecule has 1 aliphatic rings. The average molecular weight is 428 g/mol. The van der Waals surface area contributed by atoms with Crippen molar-refractivity contribution >= 4 is 5.57 Å². The molecule has 2 N–H and O–H groups in total. The fraction of sp³-hybridized carbons (Fsp3) is 0.481. The standard InChI is InChI=1S/C27H35F2NO/c1-4-19(2)22-9-8-10-23(16-22)27(11-6-5-7-12-27)30-18-26(31)20(3)13-21-14-24(28)17-25(29)15-21/h4,8-10,14-17,20,26,30-31H,5-7,11-13,18H2,1-3H3/b19-4+/t20-,26+/m0/s1. The Balaban J connectivity index is 1.72. The van der Waals surface area contributed by atoms with Crippen molar-refractivity contribution in [1.29, 1.82) is 0 Å². The van der Waals surface area contributed by atoms with Gasteiger partial charge in [-0.15, -0.1) is 0 Å². The van der Waals surface area contributed by atoms with Gasteiger partial charge in [-0.2, -0.15) is 0 Å². The highest BCUT2D eigenvalue weighted by atomic mass is 19.1. The fourth-order valence-electron chi connectivity index (χ4n) is 4.69. The molecule has 0 aliphatic heterocycles. The Hall–Kier alpha value is -2.04. The number of aliphatic hydroxyl groups excluding tert-OH is 1. The van der Waals surface area contributed by atoms with E-state index in [9.17, 15) is 13.9 Å². The summed E-state index contributed by atoms with van der Waals surface area (Å²) in [6.07, 6.45) is 7.60. The Kier molecular flexibility index (Phi) is 8.01. The lowest BCUT2D eigenvalue weighted by Crippen LogP contribution is -2.48. The maximum absolute atomic E-state index is 13.5. The van der Waals surface area contributed by atoms with E-state index in [1.165, 1.54) is 35.3 Å². The van der Waals surface area contributed by atoms with E-state index in [1.54, 1.807) is 0 Å². The largest absolute Gasteiger partial charge is 0.392 e. The summed E-state index contributed by atoms with van der Waals surface area (Å²) in [5.41, 5.74) is 4.19. The van der Waals surface area contributed by atoms with Crippen molar-refractivity contribution in [3.8, 4) is 0 Å². The minimum absolute atomic E-state index is 0.119. The van der Waals surface area contributed by atoms with Crippen molar-refractivity contribution < 1.29 is 13.9 Å². The first-order chi connectivity index (χ1) is 14.8. The first-order valence-corrected chi connectivity index (χ1v) is 11.4. The van der Waals surface area contributed by atoms with E-state index >= 15 is 0 Å². The van der Waals surface area contributed by atoms with Crippen molar-refractivity contribution in [2.75, 3.05) is 6.54 Å². The zero-order valence-electron chi connectivity index (χ0n) is 18.9. The Labute approximate surface area is 185 Å². The summed E-state index contributed by atoms with van der Waals surface area (Å²) >= 11 is 0. The van der Waals surface area contributed by atoms with Gasteiger partial charge < -0.3 is 10.4 Å². The maximum atomic E-state index is 13.5. The molecule has 0 aromatic heterocycles. The Morgan fingerprint density at radius 1 is 1.10 bits per heavy atom. The Morgan fingerprint density at radius 2 is 1.77 bits per heavy atom. The van der Waals surface area contributed by atoms with Crippen LogP contribution in [0.15, 0.2) is 48.5 Å². The van der Waals surface area contributed by atoms with Crippen molar-refractivity contribution in [1.82, 2.24) is 5.32 Å². The van der Waals surface area contributed by atoms with Crippen molar-refractivity contribution in [2.45, 2.75) is 70.9 Å². The molecular weight excluding hydrogens is 392 g/mol. The molecule has 0 saturated heterocycles. The minimum Gasteiger partial charge on any atom is -0.392 e. The molecule has 2 nitrogen and oxygen atoms in total. The molecule has 0 amide bonds. The Morgan fingerprint density at radius 3 is 2.42 bits per heavy atom. The van der Waals surface area contributed by atoms with Gasteiger partial charge in [0.25, 0.3) is 0 Å². The normalized spacial score (nSPS) is 18.6. The van der Waals surface area contributed by atoms with E-state index in [0.29, 0.717) is 18.5 Å². The van der Waals surface area contributed by atoms with Crippen molar-refractivity contribution in [3.05, 3.63) is 76.9 Å². The van der Waals surface area contributed by atoms with Gasteiger partial charge in [-0.1, -0.05) is 50.5 Å². The second kappa shape index (κ2) is 10.5. The summed E-state index contributed by atoms with van der Waals surface area (Å²) in [7, 11) is 0. The summed E-state index contributed by atoms with van der Waals surface area (Å²) in [6, 6.07) is 12.3. The number of benzene rings is 2. The van der Waals surface area contributed by atoms with Gasteiger partial charge in [0.05, 0.1) is 6.10 Å². The smallest absolute Gasteiger partial charge is 0.126 e. The summed E-state index contributed by atoms with van der Waals surface area (Å²) in [6.45, 7) is 6.56.